The van der Waals surface area contributed by atoms with Crippen molar-refractivity contribution in [3.8, 4) is 17.2 Å². The summed E-state index contributed by atoms with van der Waals surface area (Å²) in [7, 11) is -2.50. The van der Waals surface area contributed by atoms with Crippen LogP contribution in [0.5, 0.6) is 5.75 Å². The molecule has 1 aliphatic heterocycles. The molecule has 2 aromatic carbocycles. The Balaban J connectivity index is 1.37. The van der Waals surface area contributed by atoms with Crippen LogP contribution in [0.25, 0.3) is 11.5 Å². The normalized spacial score (nSPS) is 13.0. The molecule has 3 heterocycles. The highest BCUT2D eigenvalue weighted by Gasteiger charge is 2.32. The molecule has 2 aromatic heterocycles. The predicted molar refractivity (Wildman–Crippen MR) is 124 cm³/mol. The lowest BCUT2D eigenvalue weighted by Crippen LogP contribution is -2.29. The van der Waals surface area contributed by atoms with Gasteiger partial charge in [-0.25, -0.2) is 13.2 Å². The van der Waals surface area contributed by atoms with Crippen molar-refractivity contribution in [2.75, 3.05) is 18.0 Å². The molecule has 0 atom stereocenters. The first-order chi connectivity index (χ1) is 16.5. The van der Waals surface area contributed by atoms with Crippen LogP contribution in [0.1, 0.15) is 21.7 Å². The van der Waals surface area contributed by atoms with Crippen molar-refractivity contribution in [2.24, 2.45) is 0 Å². The van der Waals surface area contributed by atoms with Gasteiger partial charge in [0.2, 0.25) is 5.82 Å². The molecule has 11 heteroatoms. The maximum Gasteiger partial charge on any atom is 0.342 e. The third-order valence-electron chi connectivity index (χ3n) is 5.39. The Labute approximate surface area is 199 Å². The molecule has 0 spiro atoms. The van der Waals surface area contributed by atoms with Crippen molar-refractivity contribution < 1.29 is 27.2 Å². The number of fused-ring (bicyclic) bond motifs is 1. The number of rotatable bonds is 7. The molecule has 4 aromatic rings. The monoisotopic (exact) mass is 497 g/mol. The Hall–Kier alpha value is -3.70. The van der Waals surface area contributed by atoms with E-state index in [4.69, 9.17) is 14.0 Å². The molecule has 0 saturated heterocycles. The zero-order valence-corrected chi connectivity index (χ0v) is 19.6. The van der Waals surface area contributed by atoms with Crippen LogP contribution in [0.4, 0.5) is 5.69 Å². The topological polar surface area (TPSA) is 112 Å². The summed E-state index contributed by atoms with van der Waals surface area (Å²) in [5.74, 6) is -0.0646. The first-order valence-corrected chi connectivity index (χ1v) is 12.7. The predicted octanol–water partition coefficient (Wildman–Crippen LogP) is 3.92. The number of nitrogens with zero attached hydrogens (tertiary/aromatic N) is 3. The van der Waals surface area contributed by atoms with Crippen molar-refractivity contribution >= 4 is 33.0 Å². The van der Waals surface area contributed by atoms with E-state index in [2.05, 4.69) is 10.1 Å². The van der Waals surface area contributed by atoms with Crippen LogP contribution in [0.3, 0.4) is 0 Å². The van der Waals surface area contributed by atoms with Gasteiger partial charge in [0.1, 0.15) is 11.3 Å². The third-order valence-corrected chi connectivity index (χ3v) is 7.88. The smallest absolute Gasteiger partial charge is 0.342 e. The van der Waals surface area contributed by atoms with Gasteiger partial charge >= 0.3 is 5.97 Å². The van der Waals surface area contributed by atoms with E-state index in [0.717, 1.165) is 11.1 Å². The fourth-order valence-corrected chi connectivity index (χ4v) is 5.88. The number of esters is 1. The van der Waals surface area contributed by atoms with Crippen molar-refractivity contribution in [3.63, 3.8) is 0 Å². The van der Waals surface area contributed by atoms with Gasteiger partial charge in [0, 0.05) is 11.9 Å². The standard InChI is InChI=1S/C23H19N3O6S2/c1-30-20-7-6-17(34(28,29)26-10-8-15-4-2-3-5-19(15)26)12-18(20)23(27)31-13-21-24-22(32-25-21)16-9-11-33-14-16/h2-7,9,11-12,14H,8,10,13H2,1H3. The van der Waals surface area contributed by atoms with Crippen molar-refractivity contribution in [2.45, 2.75) is 17.9 Å². The molecule has 0 unspecified atom stereocenters. The maximum atomic E-state index is 13.4. The lowest BCUT2D eigenvalue weighted by atomic mass is 10.2. The van der Waals surface area contributed by atoms with E-state index >= 15 is 0 Å². The molecule has 0 aliphatic carbocycles. The van der Waals surface area contributed by atoms with Crippen molar-refractivity contribution in [1.29, 1.82) is 0 Å². The molecule has 174 valence electrons. The van der Waals surface area contributed by atoms with Crippen LogP contribution in [0, 0.1) is 0 Å². The molecule has 0 amide bonds. The number of ether oxygens (including phenoxy) is 2. The number of thiophene rings is 1. The second-order valence-corrected chi connectivity index (χ2v) is 10.1. The van der Waals surface area contributed by atoms with Crippen LogP contribution in [0.15, 0.2) is 68.7 Å². The second kappa shape index (κ2) is 8.92. The van der Waals surface area contributed by atoms with E-state index in [0.29, 0.717) is 24.5 Å². The molecule has 9 nitrogen and oxygen atoms in total. The SMILES string of the molecule is COc1ccc(S(=O)(=O)N2CCc3ccccc32)cc1C(=O)OCc1noc(-c2ccsc2)n1. The first-order valence-electron chi connectivity index (χ1n) is 10.3. The highest BCUT2D eigenvalue weighted by Crippen LogP contribution is 2.34. The summed E-state index contributed by atoms with van der Waals surface area (Å²) in [4.78, 5) is 17.0. The van der Waals surface area contributed by atoms with E-state index in [1.54, 1.807) is 12.1 Å². The fraction of sp³-hybridized carbons (Fsp3) is 0.174. The van der Waals surface area contributed by atoms with Crippen LogP contribution in [-0.2, 0) is 27.8 Å². The van der Waals surface area contributed by atoms with Crippen molar-refractivity contribution in [3.05, 3.63) is 76.2 Å². The van der Waals surface area contributed by atoms with E-state index in [1.165, 1.54) is 41.0 Å². The highest BCUT2D eigenvalue weighted by atomic mass is 32.2. The maximum absolute atomic E-state index is 13.4. The van der Waals surface area contributed by atoms with Gasteiger partial charge in [-0.15, -0.1) is 0 Å². The average Bonchev–Trinajstić information content (AvgIpc) is 3.62. The molecule has 0 N–H and O–H groups in total. The minimum Gasteiger partial charge on any atom is -0.496 e. The molecule has 5 rings (SSSR count). The number of hydrogen-bond acceptors (Lipinski definition) is 9. The summed E-state index contributed by atoms with van der Waals surface area (Å²) in [5.41, 5.74) is 2.36. The van der Waals surface area contributed by atoms with Gasteiger partial charge in [-0.1, -0.05) is 23.4 Å². The molecular weight excluding hydrogens is 478 g/mol. The number of benzene rings is 2. The second-order valence-electron chi connectivity index (χ2n) is 7.42. The number of sulfonamides is 1. The molecule has 1 aliphatic rings. The summed E-state index contributed by atoms with van der Waals surface area (Å²) < 4.78 is 43.9. The van der Waals surface area contributed by atoms with Crippen LogP contribution in [0.2, 0.25) is 0 Å². The summed E-state index contributed by atoms with van der Waals surface area (Å²) >= 11 is 1.49. The number of carbonyl (C=O) groups excluding carboxylic acids is 1. The van der Waals surface area contributed by atoms with Gasteiger partial charge in [-0.2, -0.15) is 16.3 Å². The molecule has 34 heavy (non-hydrogen) atoms. The average molecular weight is 498 g/mol. The summed E-state index contributed by atoms with van der Waals surface area (Å²) in [5, 5.41) is 7.56. The number of anilines is 1. The van der Waals surface area contributed by atoms with Crippen LogP contribution >= 0.6 is 11.3 Å². The highest BCUT2D eigenvalue weighted by molar-refractivity contribution is 7.92. The van der Waals surface area contributed by atoms with Gasteiger partial charge in [-0.05, 0) is 47.7 Å². The molecular formula is C23H19N3O6S2. The Bertz CT molecular complexity index is 1450. The number of carbonyl (C=O) groups is 1. The fourth-order valence-electron chi connectivity index (χ4n) is 3.72. The summed E-state index contributed by atoms with van der Waals surface area (Å²) in [6.07, 6.45) is 0.624. The zero-order chi connectivity index (χ0) is 23.7. The summed E-state index contributed by atoms with van der Waals surface area (Å²) in [6.45, 7) is 0.0872. The number of hydrogen-bond donors (Lipinski definition) is 0. The lowest BCUT2D eigenvalue weighted by molar-refractivity contribution is 0.0455. The Kier molecular flexibility index (Phi) is 5.80. The number of para-hydroxylation sites is 1. The zero-order valence-electron chi connectivity index (χ0n) is 18.0. The van der Waals surface area contributed by atoms with E-state index in [9.17, 15) is 13.2 Å². The van der Waals surface area contributed by atoms with Crippen LogP contribution < -0.4 is 9.04 Å². The molecule has 0 fully saturated rings. The number of methoxy groups -OCH3 is 1. The molecule has 0 bridgehead atoms. The molecule has 0 saturated carbocycles. The van der Waals surface area contributed by atoms with Crippen LogP contribution in [-0.4, -0.2) is 38.2 Å². The first kappa shape index (κ1) is 22.1. The largest absolute Gasteiger partial charge is 0.496 e. The minimum absolute atomic E-state index is 0.0161. The third kappa shape index (κ3) is 4.03. The van der Waals surface area contributed by atoms with E-state index in [1.807, 2.05) is 29.0 Å². The van der Waals surface area contributed by atoms with Gasteiger partial charge in [0.25, 0.3) is 15.9 Å². The Morgan fingerprint density at radius 3 is 2.85 bits per heavy atom. The summed E-state index contributed by atoms with van der Waals surface area (Å²) in [6, 6.07) is 13.3. The van der Waals surface area contributed by atoms with Gasteiger partial charge < -0.3 is 14.0 Å². The van der Waals surface area contributed by atoms with Crippen molar-refractivity contribution in [1.82, 2.24) is 10.1 Å². The van der Waals surface area contributed by atoms with Gasteiger partial charge in [0.15, 0.2) is 6.61 Å². The van der Waals surface area contributed by atoms with E-state index in [-0.39, 0.29) is 28.6 Å². The molecule has 0 radical (unpaired) electrons. The van der Waals surface area contributed by atoms with Gasteiger partial charge in [-0.3, -0.25) is 4.31 Å². The quantitative estimate of drug-likeness (QED) is 0.353. The Morgan fingerprint density at radius 2 is 2.06 bits per heavy atom. The lowest BCUT2D eigenvalue weighted by Gasteiger charge is -2.20. The van der Waals surface area contributed by atoms with Gasteiger partial charge in [0.05, 0.1) is 23.3 Å². The van der Waals surface area contributed by atoms with E-state index < -0.39 is 16.0 Å². The Morgan fingerprint density at radius 1 is 1.21 bits per heavy atom. The minimum atomic E-state index is -3.89. The number of aromatic nitrogens is 2.